The van der Waals surface area contributed by atoms with E-state index in [1.165, 1.54) is 23.1 Å². The van der Waals surface area contributed by atoms with Gasteiger partial charge in [0.2, 0.25) is 16.8 Å². The lowest BCUT2D eigenvalue weighted by molar-refractivity contribution is 0.391. The smallest absolute Gasteiger partial charge is 0.237 e. The summed E-state index contributed by atoms with van der Waals surface area (Å²) in [6.45, 7) is 3.08. The first kappa shape index (κ1) is 17.2. The van der Waals surface area contributed by atoms with Crippen molar-refractivity contribution in [2.45, 2.75) is 29.9 Å². The molecule has 0 aliphatic carbocycles. The first-order valence-electron chi connectivity index (χ1n) is 7.53. The van der Waals surface area contributed by atoms with Crippen LogP contribution >= 0.6 is 34.7 Å². The molecule has 6 nitrogen and oxygen atoms in total. The number of hydrogen-bond donors (Lipinski definition) is 1. The van der Waals surface area contributed by atoms with E-state index in [2.05, 4.69) is 32.6 Å². The van der Waals surface area contributed by atoms with Crippen LogP contribution in [0, 0.1) is 0 Å². The zero-order valence-electron chi connectivity index (χ0n) is 13.0. The van der Waals surface area contributed by atoms with Crippen LogP contribution in [0.1, 0.15) is 25.7 Å². The highest BCUT2D eigenvalue weighted by Gasteiger charge is 2.11. The quantitative estimate of drug-likeness (QED) is 0.445. The summed E-state index contributed by atoms with van der Waals surface area (Å²) in [6.07, 6.45) is 2.28. The summed E-state index contributed by atoms with van der Waals surface area (Å²) in [6, 6.07) is 7.33. The summed E-state index contributed by atoms with van der Waals surface area (Å²) in [5, 5.41) is 17.1. The van der Waals surface area contributed by atoms with Gasteiger partial charge in [-0.2, -0.15) is 4.98 Å². The van der Waals surface area contributed by atoms with Crippen LogP contribution in [0.5, 0.6) is 0 Å². The molecule has 1 N–H and O–H groups in total. The van der Waals surface area contributed by atoms with Gasteiger partial charge >= 0.3 is 0 Å². The Hall–Kier alpha value is -1.64. The number of nitrogens with one attached hydrogen (secondary N) is 1. The van der Waals surface area contributed by atoms with Gasteiger partial charge in [0.15, 0.2) is 4.34 Å². The van der Waals surface area contributed by atoms with Gasteiger partial charge in [0, 0.05) is 17.1 Å². The third-order valence-electron chi connectivity index (χ3n) is 3.10. The summed E-state index contributed by atoms with van der Waals surface area (Å²) in [5.74, 6) is 1.67. The zero-order valence-corrected chi connectivity index (χ0v) is 15.4. The van der Waals surface area contributed by atoms with Gasteiger partial charge in [0.1, 0.15) is 0 Å². The van der Waals surface area contributed by atoms with Crippen molar-refractivity contribution in [2.75, 3.05) is 11.9 Å². The second kappa shape index (κ2) is 8.46. The largest absolute Gasteiger partial charge is 0.360 e. The number of rotatable bonds is 8. The minimum Gasteiger partial charge on any atom is -0.360 e. The Morgan fingerprint density at radius 1 is 1.25 bits per heavy atom. The van der Waals surface area contributed by atoms with E-state index in [1.54, 1.807) is 12.1 Å². The predicted molar refractivity (Wildman–Crippen MR) is 97.6 cm³/mol. The third kappa shape index (κ3) is 4.68. The van der Waals surface area contributed by atoms with Gasteiger partial charge in [-0.15, -0.1) is 10.2 Å². The molecule has 0 atom stereocenters. The van der Waals surface area contributed by atoms with E-state index in [-0.39, 0.29) is 0 Å². The van der Waals surface area contributed by atoms with E-state index in [4.69, 9.17) is 16.1 Å². The van der Waals surface area contributed by atoms with Crippen molar-refractivity contribution in [1.29, 1.82) is 0 Å². The van der Waals surface area contributed by atoms with Gasteiger partial charge in [-0.25, -0.2) is 0 Å². The summed E-state index contributed by atoms with van der Waals surface area (Å²) < 4.78 is 6.16. The summed E-state index contributed by atoms with van der Waals surface area (Å²) in [5.41, 5.74) is 0.873. The molecular weight excluding hydrogens is 366 g/mol. The Morgan fingerprint density at radius 3 is 2.88 bits per heavy atom. The maximum absolute atomic E-state index is 5.88. The molecule has 0 amide bonds. The molecule has 2 heterocycles. The highest BCUT2D eigenvalue weighted by molar-refractivity contribution is 8.00. The Labute approximate surface area is 153 Å². The van der Waals surface area contributed by atoms with Crippen molar-refractivity contribution in [3.8, 4) is 11.4 Å². The molecule has 9 heteroatoms. The standard InChI is InChI=1S/C15H16ClN5OS2/c1-2-3-8-17-14-19-20-15(24-14)23-9-12-18-13(21-22-12)10-4-6-11(16)7-5-10/h4-7H,2-3,8-9H2,1H3,(H,17,19). The fourth-order valence-electron chi connectivity index (χ4n) is 1.86. The lowest BCUT2D eigenvalue weighted by atomic mass is 10.2. The van der Waals surface area contributed by atoms with Crippen LogP contribution in [-0.2, 0) is 5.75 Å². The molecule has 0 bridgehead atoms. The van der Waals surface area contributed by atoms with Crippen LogP contribution < -0.4 is 5.32 Å². The fraction of sp³-hybridized carbons (Fsp3) is 0.333. The highest BCUT2D eigenvalue weighted by atomic mass is 35.5. The molecule has 0 radical (unpaired) electrons. The van der Waals surface area contributed by atoms with Crippen LogP contribution in [0.4, 0.5) is 5.13 Å². The van der Waals surface area contributed by atoms with Crippen LogP contribution in [-0.4, -0.2) is 26.9 Å². The molecule has 0 spiro atoms. The Balaban J connectivity index is 1.54. The Morgan fingerprint density at radius 2 is 2.08 bits per heavy atom. The molecule has 0 saturated carbocycles. The van der Waals surface area contributed by atoms with E-state index < -0.39 is 0 Å². The van der Waals surface area contributed by atoms with E-state index in [0.717, 1.165) is 34.4 Å². The molecule has 0 unspecified atom stereocenters. The van der Waals surface area contributed by atoms with Gasteiger partial charge in [-0.05, 0) is 30.7 Å². The van der Waals surface area contributed by atoms with Crippen molar-refractivity contribution in [3.05, 3.63) is 35.2 Å². The third-order valence-corrected chi connectivity index (χ3v) is 5.35. The highest BCUT2D eigenvalue weighted by Crippen LogP contribution is 2.28. The van der Waals surface area contributed by atoms with Gasteiger partial charge in [-0.3, -0.25) is 0 Å². The van der Waals surface area contributed by atoms with Crippen molar-refractivity contribution in [2.24, 2.45) is 0 Å². The molecule has 0 fully saturated rings. The second-order valence-corrected chi connectivity index (χ2v) is 7.60. The summed E-state index contributed by atoms with van der Waals surface area (Å²) >= 11 is 8.94. The average molecular weight is 382 g/mol. The second-order valence-electron chi connectivity index (χ2n) is 4.96. The molecule has 2 aromatic heterocycles. The number of halogens is 1. The molecule has 0 saturated heterocycles. The van der Waals surface area contributed by atoms with Crippen molar-refractivity contribution < 1.29 is 4.52 Å². The van der Waals surface area contributed by atoms with Crippen LogP contribution in [0.2, 0.25) is 5.02 Å². The minimum absolute atomic E-state index is 0.556. The molecule has 1 aromatic carbocycles. The normalized spacial score (nSPS) is 10.9. The molecule has 3 aromatic rings. The maximum Gasteiger partial charge on any atom is 0.237 e. The number of unbranched alkanes of at least 4 members (excludes halogenated alkanes) is 1. The first-order valence-corrected chi connectivity index (χ1v) is 9.71. The number of anilines is 1. The number of benzene rings is 1. The number of hydrogen-bond acceptors (Lipinski definition) is 8. The monoisotopic (exact) mass is 381 g/mol. The number of thioether (sulfide) groups is 1. The summed E-state index contributed by atoms with van der Waals surface area (Å²) in [7, 11) is 0. The lowest BCUT2D eigenvalue weighted by Crippen LogP contribution is -1.99. The Kier molecular flexibility index (Phi) is 6.06. The first-order chi connectivity index (χ1) is 11.7. The molecular formula is C15H16ClN5OS2. The Bertz CT molecular complexity index is 774. The van der Waals surface area contributed by atoms with Crippen LogP contribution in [0.25, 0.3) is 11.4 Å². The van der Waals surface area contributed by atoms with Crippen molar-refractivity contribution in [3.63, 3.8) is 0 Å². The van der Waals surface area contributed by atoms with Gasteiger partial charge in [-0.1, -0.05) is 53.2 Å². The molecule has 24 heavy (non-hydrogen) atoms. The molecule has 0 aliphatic rings. The molecule has 0 aliphatic heterocycles. The molecule has 126 valence electrons. The summed E-state index contributed by atoms with van der Waals surface area (Å²) in [4.78, 5) is 4.39. The van der Waals surface area contributed by atoms with E-state index in [1.807, 2.05) is 12.1 Å². The number of aromatic nitrogens is 4. The lowest BCUT2D eigenvalue weighted by Gasteiger charge is -1.97. The van der Waals surface area contributed by atoms with Gasteiger partial charge < -0.3 is 9.84 Å². The predicted octanol–water partition coefficient (Wildman–Crippen LogP) is 4.75. The minimum atomic E-state index is 0.556. The molecule has 3 rings (SSSR count). The topological polar surface area (TPSA) is 76.7 Å². The zero-order chi connectivity index (χ0) is 16.8. The van der Waals surface area contributed by atoms with Gasteiger partial charge in [0.25, 0.3) is 0 Å². The van der Waals surface area contributed by atoms with E-state index in [0.29, 0.717) is 22.5 Å². The van der Waals surface area contributed by atoms with Crippen LogP contribution in [0.3, 0.4) is 0 Å². The van der Waals surface area contributed by atoms with Gasteiger partial charge in [0.05, 0.1) is 5.75 Å². The fourth-order valence-corrected chi connectivity index (χ4v) is 3.61. The average Bonchev–Trinajstić information content (AvgIpc) is 3.23. The SMILES string of the molecule is CCCCNc1nnc(SCc2nc(-c3ccc(Cl)cc3)no2)s1. The van der Waals surface area contributed by atoms with Crippen molar-refractivity contribution in [1.82, 2.24) is 20.3 Å². The van der Waals surface area contributed by atoms with E-state index in [9.17, 15) is 0 Å². The van der Waals surface area contributed by atoms with E-state index >= 15 is 0 Å². The maximum atomic E-state index is 5.88. The van der Waals surface area contributed by atoms with Crippen molar-refractivity contribution >= 4 is 39.8 Å². The number of nitrogens with zero attached hydrogens (tertiary/aromatic N) is 4. The van der Waals surface area contributed by atoms with Crippen LogP contribution in [0.15, 0.2) is 33.1 Å².